The van der Waals surface area contributed by atoms with Crippen LogP contribution in [0.5, 0.6) is 0 Å². The van der Waals surface area contributed by atoms with Gasteiger partial charge in [-0.1, -0.05) is 6.92 Å². The molecule has 1 fully saturated rings. The Morgan fingerprint density at radius 3 is 2.80 bits per heavy atom. The molecule has 1 N–H and O–H groups in total. The van der Waals surface area contributed by atoms with Crippen LogP contribution < -0.4 is 5.32 Å². The number of hydrogen-bond acceptors (Lipinski definition) is 4. The van der Waals surface area contributed by atoms with Gasteiger partial charge in [0.05, 0.1) is 12.1 Å². The molecular weight excluding hydrogens is 254 g/mol. The molecule has 20 heavy (non-hydrogen) atoms. The molecule has 1 atom stereocenters. The largest absolute Gasteiger partial charge is 0.462 e. The zero-order valence-electron chi connectivity index (χ0n) is 12.9. The summed E-state index contributed by atoms with van der Waals surface area (Å²) in [4.78, 5) is 0. The summed E-state index contributed by atoms with van der Waals surface area (Å²) in [5.74, 6) is 2.66. The van der Waals surface area contributed by atoms with E-state index in [1.807, 2.05) is 6.07 Å². The van der Waals surface area contributed by atoms with Gasteiger partial charge in [0, 0.05) is 13.7 Å². The lowest BCUT2D eigenvalue weighted by atomic mass is 9.78. The highest BCUT2D eigenvalue weighted by Crippen LogP contribution is 2.37. The van der Waals surface area contributed by atoms with Gasteiger partial charge in [-0.2, -0.15) is 0 Å². The maximum absolute atomic E-state index is 5.86. The molecular formula is C16H27NO3. The van der Waals surface area contributed by atoms with Crippen LogP contribution >= 0.6 is 0 Å². The summed E-state index contributed by atoms with van der Waals surface area (Å²) in [7, 11) is 1.69. The molecule has 0 aliphatic heterocycles. The molecule has 0 spiro atoms. The minimum absolute atomic E-state index is 0.304. The van der Waals surface area contributed by atoms with E-state index in [0.717, 1.165) is 37.0 Å². The third-order valence-electron chi connectivity index (χ3n) is 3.93. The highest BCUT2D eigenvalue weighted by Gasteiger charge is 2.32. The van der Waals surface area contributed by atoms with Crippen molar-refractivity contribution in [1.82, 2.24) is 5.32 Å². The summed E-state index contributed by atoms with van der Waals surface area (Å²) < 4.78 is 16.6. The Morgan fingerprint density at radius 1 is 1.35 bits per heavy atom. The molecule has 1 heterocycles. The van der Waals surface area contributed by atoms with Crippen molar-refractivity contribution in [2.75, 3.05) is 20.3 Å². The van der Waals surface area contributed by atoms with Crippen LogP contribution in [-0.2, 0) is 16.1 Å². The molecule has 1 aliphatic rings. The van der Waals surface area contributed by atoms with Crippen molar-refractivity contribution in [2.24, 2.45) is 5.92 Å². The van der Waals surface area contributed by atoms with Crippen LogP contribution in [0.1, 0.15) is 50.7 Å². The van der Waals surface area contributed by atoms with E-state index in [1.165, 1.54) is 12.8 Å². The number of ether oxygens (including phenoxy) is 2. The van der Waals surface area contributed by atoms with E-state index in [9.17, 15) is 0 Å². The van der Waals surface area contributed by atoms with Gasteiger partial charge in [-0.3, -0.25) is 0 Å². The quantitative estimate of drug-likeness (QED) is 0.754. The molecule has 1 aromatic heterocycles. The molecule has 0 bridgehead atoms. The van der Waals surface area contributed by atoms with Crippen LogP contribution in [-0.4, -0.2) is 26.4 Å². The van der Waals surface area contributed by atoms with Crippen LogP contribution in [0.3, 0.4) is 0 Å². The van der Waals surface area contributed by atoms with E-state index in [4.69, 9.17) is 13.9 Å². The molecule has 114 valence electrons. The highest BCUT2D eigenvalue weighted by atomic mass is 16.5. The third-order valence-corrected chi connectivity index (χ3v) is 3.93. The van der Waals surface area contributed by atoms with Gasteiger partial charge in [-0.15, -0.1) is 0 Å². The standard InChI is InChI=1S/C16H27NO3/c1-4-17-15(10-12-8-14(9-12)19-5-2)16-7-6-13(20-16)11-18-3/h6-7,12,14-15,17H,4-5,8-11H2,1-3H3. The summed E-state index contributed by atoms with van der Waals surface area (Å²) >= 11 is 0. The maximum Gasteiger partial charge on any atom is 0.129 e. The van der Waals surface area contributed by atoms with Crippen molar-refractivity contribution in [3.05, 3.63) is 23.7 Å². The number of rotatable bonds is 9. The summed E-state index contributed by atoms with van der Waals surface area (Å²) in [5.41, 5.74) is 0. The monoisotopic (exact) mass is 281 g/mol. The van der Waals surface area contributed by atoms with Crippen molar-refractivity contribution in [3.8, 4) is 0 Å². The molecule has 4 heteroatoms. The van der Waals surface area contributed by atoms with E-state index in [0.29, 0.717) is 18.8 Å². The lowest BCUT2D eigenvalue weighted by Gasteiger charge is -2.36. The Labute approximate surface area is 121 Å². The first-order valence-electron chi connectivity index (χ1n) is 7.69. The lowest BCUT2D eigenvalue weighted by molar-refractivity contribution is -0.0297. The normalized spacial score (nSPS) is 23.6. The van der Waals surface area contributed by atoms with Crippen molar-refractivity contribution < 1.29 is 13.9 Å². The van der Waals surface area contributed by atoms with Crippen LogP contribution in [0, 0.1) is 5.92 Å². The molecule has 2 rings (SSSR count). The van der Waals surface area contributed by atoms with Gasteiger partial charge in [-0.05, 0) is 50.8 Å². The Bertz CT molecular complexity index is 385. The van der Waals surface area contributed by atoms with Gasteiger partial charge in [0.15, 0.2) is 0 Å². The van der Waals surface area contributed by atoms with Crippen LogP contribution in [0.2, 0.25) is 0 Å². The lowest BCUT2D eigenvalue weighted by Crippen LogP contribution is -2.34. The van der Waals surface area contributed by atoms with E-state index in [1.54, 1.807) is 7.11 Å². The second kappa shape index (κ2) is 7.81. The minimum Gasteiger partial charge on any atom is -0.462 e. The van der Waals surface area contributed by atoms with Gasteiger partial charge >= 0.3 is 0 Å². The van der Waals surface area contributed by atoms with Gasteiger partial charge < -0.3 is 19.2 Å². The molecule has 1 saturated carbocycles. The van der Waals surface area contributed by atoms with Crippen LogP contribution in [0.25, 0.3) is 0 Å². The molecule has 1 aromatic rings. The first-order chi connectivity index (χ1) is 9.76. The second-order valence-corrected chi connectivity index (χ2v) is 5.50. The Balaban J connectivity index is 1.86. The SMILES string of the molecule is CCNC(CC1CC(OCC)C1)c1ccc(COC)o1. The average molecular weight is 281 g/mol. The van der Waals surface area contributed by atoms with Crippen molar-refractivity contribution in [3.63, 3.8) is 0 Å². The fourth-order valence-electron chi connectivity index (χ4n) is 2.92. The molecule has 1 aliphatic carbocycles. The minimum atomic E-state index is 0.304. The van der Waals surface area contributed by atoms with Crippen molar-refractivity contribution >= 4 is 0 Å². The first kappa shape index (κ1) is 15.5. The predicted molar refractivity (Wildman–Crippen MR) is 78.6 cm³/mol. The highest BCUT2D eigenvalue weighted by molar-refractivity contribution is 5.11. The fraction of sp³-hybridized carbons (Fsp3) is 0.750. The number of furan rings is 1. The predicted octanol–water partition coefficient (Wildman–Crippen LogP) is 3.28. The van der Waals surface area contributed by atoms with Crippen LogP contribution in [0.15, 0.2) is 16.5 Å². The molecule has 0 radical (unpaired) electrons. The van der Waals surface area contributed by atoms with Gasteiger partial charge in [-0.25, -0.2) is 0 Å². The van der Waals surface area contributed by atoms with Crippen LogP contribution in [0.4, 0.5) is 0 Å². The fourth-order valence-corrected chi connectivity index (χ4v) is 2.92. The molecule has 0 aromatic carbocycles. The summed E-state index contributed by atoms with van der Waals surface area (Å²) in [6.45, 7) is 6.51. The average Bonchev–Trinajstić information content (AvgIpc) is 2.84. The number of methoxy groups -OCH3 is 1. The topological polar surface area (TPSA) is 43.6 Å². The molecule has 0 amide bonds. The zero-order valence-corrected chi connectivity index (χ0v) is 12.9. The second-order valence-electron chi connectivity index (χ2n) is 5.50. The maximum atomic E-state index is 5.86. The Kier molecular flexibility index (Phi) is 6.07. The van der Waals surface area contributed by atoms with Gasteiger partial charge in [0.1, 0.15) is 18.1 Å². The van der Waals surface area contributed by atoms with Gasteiger partial charge in [0.2, 0.25) is 0 Å². The number of hydrogen-bond donors (Lipinski definition) is 1. The smallest absolute Gasteiger partial charge is 0.129 e. The zero-order chi connectivity index (χ0) is 14.4. The molecule has 1 unspecified atom stereocenters. The van der Waals surface area contributed by atoms with Crippen molar-refractivity contribution in [2.45, 2.75) is 51.9 Å². The van der Waals surface area contributed by atoms with E-state index in [2.05, 4.69) is 25.2 Å². The van der Waals surface area contributed by atoms with Gasteiger partial charge in [0.25, 0.3) is 0 Å². The third kappa shape index (κ3) is 4.08. The number of nitrogens with one attached hydrogen (secondary N) is 1. The summed E-state index contributed by atoms with van der Waals surface area (Å²) in [6, 6.07) is 4.38. The molecule has 4 nitrogen and oxygen atoms in total. The summed E-state index contributed by atoms with van der Waals surface area (Å²) in [5, 5.41) is 3.52. The van der Waals surface area contributed by atoms with E-state index >= 15 is 0 Å². The first-order valence-corrected chi connectivity index (χ1v) is 7.69. The van der Waals surface area contributed by atoms with E-state index in [-0.39, 0.29) is 0 Å². The van der Waals surface area contributed by atoms with E-state index < -0.39 is 0 Å². The van der Waals surface area contributed by atoms with Crippen molar-refractivity contribution in [1.29, 1.82) is 0 Å². The molecule has 0 saturated heterocycles. The summed E-state index contributed by atoms with van der Waals surface area (Å²) in [6.07, 6.45) is 3.97. The Hall–Kier alpha value is -0.840. The Morgan fingerprint density at radius 2 is 2.15 bits per heavy atom.